The van der Waals surface area contributed by atoms with Crippen LogP contribution in [0.1, 0.15) is 21.6 Å². The molecule has 0 unspecified atom stereocenters. The number of fused-ring (bicyclic) bond motifs is 3. The standard InChI is InChI=1S/C10H9N3O3/c11-9-5-3-16-2-4(5)8-6(13-9)1-7(12-8)10(14)15/h1,12H,2-3H2,(H2,11,13)(H,14,15). The molecule has 1 aliphatic rings. The molecule has 4 N–H and O–H groups in total. The highest BCUT2D eigenvalue weighted by Gasteiger charge is 2.21. The number of nitrogen functional groups attached to an aromatic ring is 1. The van der Waals surface area contributed by atoms with Crippen molar-refractivity contribution < 1.29 is 14.6 Å². The van der Waals surface area contributed by atoms with Gasteiger partial charge in [0.25, 0.3) is 0 Å². The minimum atomic E-state index is -1.01. The molecule has 82 valence electrons. The van der Waals surface area contributed by atoms with E-state index >= 15 is 0 Å². The van der Waals surface area contributed by atoms with E-state index in [2.05, 4.69) is 9.97 Å². The van der Waals surface area contributed by atoms with Gasteiger partial charge in [-0.15, -0.1) is 0 Å². The number of anilines is 1. The fraction of sp³-hybridized carbons (Fsp3) is 0.200. The summed E-state index contributed by atoms with van der Waals surface area (Å²) in [6.07, 6.45) is 0. The maximum absolute atomic E-state index is 10.8. The predicted molar refractivity (Wildman–Crippen MR) is 56.0 cm³/mol. The highest BCUT2D eigenvalue weighted by molar-refractivity contribution is 5.94. The minimum Gasteiger partial charge on any atom is -0.477 e. The molecule has 0 aliphatic carbocycles. The van der Waals surface area contributed by atoms with E-state index in [4.69, 9.17) is 15.6 Å². The fourth-order valence-electron chi connectivity index (χ4n) is 1.96. The molecule has 0 fully saturated rings. The Bertz CT molecular complexity index is 603. The molecule has 6 heteroatoms. The largest absolute Gasteiger partial charge is 0.477 e. The average molecular weight is 219 g/mol. The SMILES string of the molecule is Nc1nc2cc(C(=O)O)[nH]c2c2c1COC2. The van der Waals surface area contributed by atoms with Crippen molar-refractivity contribution in [3.05, 3.63) is 22.9 Å². The first-order chi connectivity index (χ1) is 7.66. The van der Waals surface area contributed by atoms with Crippen LogP contribution in [0.5, 0.6) is 0 Å². The van der Waals surface area contributed by atoms with Crippen LogP contribution in [0.15, 0.2) is 6.07 Å². The fourth-order valence-corrected chi connectivity index (χ4v) is 1.96. The summed E-state index contributed by atoms with van der Waals surface area (Å²) in [5.41, 5.74) is 8.93. The van der Waals surface area contributed by atoms with Crippen molar-refractivity contribution in [2.45, 2.75) is 13.2 Å². The van der Waals surface area contributed by atoms with Crippen molar-refractivity contribution in [3.8, 4) is 0 Å². The number of aromatic carboxylic acids is 1. The third-order valence-electron chi connectivity index (χ3n) is 2.74. The number of hydrogen-bond donors (Lipinski definition) is 3. The van der Waals surface area contributed by atoms with Crippen molar-refractivity contribution in [2.24, 2.45) is 0 Å². The van der Waals surface area contributed by atoms with E-state index in [1.807, 2.05) is 0 Å². The maximum Gasteiger partial charge on any atom is 0.352 e. The number of aromatic nitrogens is 2. The number of H-pyrrole nitrogens is 1. The Kier molecular flexibility index (Phi) is 1.69. The molecule has 0 aromatic carbocycles. The number of nitrogens with one attached hydrogen (secondary N) is 1. The van der Waals surface area contributed by atoms with E-state index in [0.29, 0.717) is 30.1 Å². The van der Waals surface area contributed by atoms with Gasteiger partial charge >= 0.3 is 5.97 Å². The Morgan fingerprint density at radius 1 is 1.50 bits per heavy atom. The number of aromatic amines is 1. The molecule has 3 heterocycles. The topological polar surface area (TPSA) is 101 Å². The summed E-state index contributed by atoms with van der Waals surface area (Å²) >= 11 is 0. The van der Waals surface area contributed by atoms with Gasteiger partial charge in [0.1, 0.15) is 11.5 Å². The molecular weight excluding hydrogens is 210 g/mol. The lowest BCUT2D eigenvalue weighted by atomic mass is 10.1. The number of hydrogen-bond acceptors (Lipinski definition) is 4. The zero-order valence-corrected chi connectivity index (χ0v) is 8.28. The molecular formula is C10H9N3O3. The number of rotatable bonds is 1. The lowest BCUT2D eigenvalue weighted by Crippen LogP contribution is -1.98. The summed E-state index contributed by atoms with van der Waals surface area (Å²) in [6, 6.07) is 1.48. The van der Waals surface area contributed by atoms with Crippen molar-refractivity contribution in [3.63, 3.8) is 0 Å². The second-order valence-corrected chi connectivity index (χ2v) is 3.70. The van der Waals surface area contributed by atoms with Crippen molar-refractivity contribution in [1.29, 1.82) is 0 Å². The Hall–Kier alpha value is -2.08. The van der Waals surface area contributed by atoms with Gasteiger partial charge < -0.3 is 20.6 Å². The van der Waals surface area contributed by atoms with Crippen molar-refractivity contribution >= 4 is 22.8 Å². The van der Waals surface area contributed by atoms with Gasteiger partial charge in [0.15, 0.2) is 0 Å². The van der Waals surface area contributed by atoms with Crippen LogP contribution >= 0.6 is 0 Å². The van der Waals surface area contributed by atoms with Crippen LogP contribution in [0.2, 0.25) is 0 Å². The molecule has 6 nitrogen and oxygen atoms in total. The Balaban J connectivity index is 2.35. The highest BCUT2D eigenvalue weighted by atomic mass is 16.5. The molecule has 2 aromatic heterocycles. The molecule has 0 radical (unpaired) electrons. The van der Waals surface area contributed by atoms with Crippen LogP contribution in [0.25, 0.3) is 11.0 Å². The molecule has 0 saturated heterocycles. The maximum atomic E-state index is 10.8. The van der Waals surface area contributed by atoms with Crippen molar-refractivity contribution in [1.82, 2.24) is 9.97 Å². The second kappa shape index (κ2) is 2.96. The van der Waals surface area contributed by atoms with E-state index < -0.39 is 5.97 Å². The smallest absolute Gasteiger partial charge is 0.352 e. The summed E-state index contributed by atoms with van der Waals surface area (Å²) in [5, 5.41) is 8.88. The van der Waals surface area contributed by atoms with Crippen LogP contribution in [0.3, 0.4) is 0 Å². The van der Waals surface area contributed by atoms with Gasteiger partial charge in [-0.25, -0.2) is 9.78 Å². The van der Waals surface area contributed by atoms with Gasteiger partial charge in [-0.1, -0.05) is 0 Å². The summed E-state index contributed by atoms with van der Waals surface area (Å²) in [7, 11) is 0. The number of carboxylic acid groups (broad SMARTS) is 1. The Morgan fingerprint density at radius 2 is 2.25 bits per heavy atom. The molecule has 3 rings (SSSR count). The normalized spacial score (nSPS) is 14.2. The first-order valence-electron chi connectivity index (χ1n) is 4.78. The molecule has 0 spiro atoms. The van der Waals surface area contributed by atoms with Gasteiger partial charge in [0.05, 0.1) is 24.2 Å². The summed E-state index contributed by atoms with van der Waals surface area (Å²) in [5.74, 6) is -0.597. The van der Waals surface area contributed by atoms with Gasteiger partial charge in [-0.2, -0.15) is 0 Å². The summed E-state index contributed by atoms with van der Waals surface area (Å²) < 4.78 is 5.29. The summed E-state index contributed by atoms with van der Waals surface area (Å²) in [6.45, 7) is 0.879. The van der Waals surface area contributed by atoms with E-state index in [1.54, 1.807) is 0 Å². The van der Waals surface area contributed by atoms with Gasteiger partial charge in [-0.3, -0.25) is 0 Å². The lowest BCUT2D eigenvalue weighted by Gasteiger charge is -2.01. The van der Waals surface area contributed by atoms with Crippen LogP contribution < -0.4 is 5.73 Å². The molecule has 0 bridgehead atoms. The molecule has 0 amide bonds. The van der Waals surface area contributed by atoms with Gasteiger partial charge in [-0.05, 0) is 6.07 Å². The van der Waals surface area contributed by atoms with Gasteiger partial charge in [0, 0.05) is 11.1 Å². The number of nitrogens with zero attached hydrogens (tertiary/aromatic N) is 1. The number of nitrogens with two attached hydrogens (primary N) is 1. The first-order valence-corrected chi connectivity index (χ1v) is 4.78. The zero-order chi connectivity index (χ0) is 11.3. The quantitative estimate of drug-likeness (QED) is 0.660. The van der Waals surface area contributed by atoms with E-state index in [0.717, 1.165) is 11.1 Å². The lowest BCUT2D eigenvalue weighted by molar-refractivity contribution is 0.0691. The zero-order valence-electron chi connectivity index (χ0n) is 8.28. The molecule has 0 saturated carbocycles. The molecule has 1 aliphatic heterocycles. The predicted octanol–water partition coefficient (Wildman–Crippen LogP) is 0.873. The minimum absolute atomic E-state index is 0.113. The third kappa shape index (κ3) is 1.10. The molecule has 0 atom stereocenters. The Labute approximate surface area is 90.0 Å². The highest BCUT2D eigenvalue weighted by Crippen LogP contribution is 2.30. The van der Waals surface area contributed by atoms with Crippen molar-refractivity contribution in [2.75, 3.05) is 5.73 Å². The van der Waals surface area contributed by atoms with E-state index in [-0.39, 0.29) is 5.69 Å². The number of ether oxygens (including phenoxy) is 1. The van der Waals surface area contributed by atoms with Crippen LogP contribution in [0, 0.1) is 0 Å². The van der Waals surface area contributed by atoms with E-state index in [1.165, 1.54) is 6.07 Å². The average Bonchev–Trinajstić information content (AvgIpc) is 2.80. The molecule has 2 aromatic rings. The number of carboxylic acids is 1. The van der Waals surface area contributed by atoms with Crippen LogP contribution in [-0.4, -0.2) is 21.0 Å². The summed E-state index contributed by atoms with van der Waals surface area (Å²) in [4.78, 5) is 17.8. The van der Waals surface area contributed by atoms with E-state index in [9.17, 15) is 4.79 Å². The Morgan fingerprint density at radius 3 is 3.00 bits per heavy atom. The first kappa shape index (κ1) is 9.17. The molecule has 16 heavy (non-hydrogen) atoms. The van der Waals surface area contributed by atoms with Gasteiger partial charge in [0.2, 0.25) is 0 Å². The van der Waals surface area contributed by atoms with Crippen LogP contribution in [-0.2, 0) is 18.0 Å². The number of pyridine rings is 1. The third-order valence-corrected chi connectivity index (χ3v) is 2.74. The second-order valence-electron chi connectivity index (χ2n) is 3.70. The number of carbonyl (C=O) groups is 1. The monoisotopic (exact) mass is 219 g/mol. The van der Waals surface area contributed by atoms with Crippen LogP contribution in [0.4, 0.5) is 5.82 Å².